The Hall–Kier alpha value is -3.72. The highest BCUT2D eigenvalue weighted by Gasteiger charge is 2.42. The van der Waals surface area contributed by atoms with E-state index in [1.807, 2.05) is 12.3 Å². The van der Waals surface area contributed by atoms with E-state index in [9.17, 15) is 0 Å². The molecule has 6 rings (SSSR count). The normalized spacial score (nSPS) is 13.9. The minimum absolute atomic E-state index is 0.182. The quantitative estimate of drug-likeness (QED) is 0.317. The first-order valence-electron chi connectivity index (χ1n) is 11.2. The van der Waals surface area contributed by atoms with Gasteiger partial charge in [0, 0.05) is 17.2 Å². The second-order valence-corrected chi connectivity index (χ2v) is 9.25. The fourth-order valence-electron chi connectivity index (χ4n) is 5.54. The molecule has 5 aromatic rings. The van der Waals surface area contributed by atoms with Gasteiger partial charge in [0.2, 0.25) is 0 Å². The van der Waals surface area contributed by atoms with Gasteiger partial charge in [-0.25, -0.2) is 4.57 Å². The van der Waals surface area contributed by atoms with E-state index in [0.29, 0.717) is 0 Å². The Morgan fingerprint density at radius 2 is 1.56 bits per heavy atom. The maximum Gasteiger partial charge on any atom is 0.295 e. The molecule has 3 heteroatoms. The summed E-state index contributed by atoms with van der Waals surface area (Å²) in [4.78, 5) is 4.82. The molecule has 3 aromatic carbocycles. The Labute approximate surface area is 188 Å². The minimum atomic E-state index is -0.182. The van der Waals surface area contributed by atoms with Crippen LogP contribution in [0, 0.1) is 6.92 Å². The number of hydrogen-bond donors (Lipinski definition) is 0. The maximum atomic E-state index is 4.82. The highest BCUT2D eigenvalue weighted by atomic mass is 15.2. The predicted molar refractivity (Wildman–Crippen MR) is 130 cm³/mol. The molecule has 2 aromatic heterocycles. The summed E-state index contributed by atoms with van der Waals surface area (Å²) in [6.45, 7) is 6.85. The van der Waals surface area contributed by atoms with Gasteiger partial charge in [-0.15, -0.1) is 0 Å². The first-order chi connectivity index (χ1) is 15.5. The Bertz CT molecular complexity index is 1510. The van der Waals surface area contributed by atoms with E-state index in [-0.39, 0.29) is 5.41 Å². The predicted octanol–water partition coefficient (Wildman–Crippen LogP) is 6.13. The molecular weight excluding hydrogens is 390 g/mol. The van der Waals surface area contributed by atoms with Crippen LogP contribution >= 0.6 is 0 Å². The van der Waals surface area contributed by atoms with Crippen molar-refractivity contribution in [1.29, 1.82) is 0 Å². The minimum Gasteiger partial charge on any atom is -0.260 e. The zero-order valence-corrected chi connectivity index (χ0v) is 18.9. The van der Waals surface area contributed by atoms with Crippen LogP contribution < -0.4 is 4.57 Å². The van der Waals surface area contributed by atoms with Gasteiger partial charge in [-0.3, -0.25) is 4.98 Å². The number of fused-ring (bicyclic) bond motifs is 4. The molecule has 3 nitrogen and oxygen atoms in total. The molecule has 32 heavy (non-hydrogen) atoms. The van der Waals surface area contributed by atoms with Crippen molar-refractivity contribution >= 4 is 11.0 Å². The summed E-state index contributed by atoms with van der Waals surface area (Å²) < 4.78 is 4.75. The lowest BCUT2D eigenvalue weighted by Gasteiger charge is -2.23. The van der Waals surface area contributed by atoms with Gasteiger partial charge in [0.15, 0.2) is 11.0 Å². The number of aromatic nitrogens is 3. The van der Waals surface area contributed by atoms with Gasteiger partial charge in [-0.2, -0.15) is 4.57 Å². The van der Waals surface area contributed by atoms with Gasteiger partial charge in [-0.05, 0) is 53.9 Å². The lowest BCUT2D eigenvalue weighted by atomic mass is 9.80. The molecule has 0 atom stereocenters. The SMILES string of the molecule is Cc1ccc2c(c1-c1n(-c3ccccc3)c3ccccc3[n+]1C)C(C)(C)c1ncccc1-2. The van der Waals surface area contributed by atoms with Crippen molar-refractivity contribution in [1.82, 2.24) is 9.55 Å². The Balaban J connectivity index is 1.78. The van der Waals surface area contributed by atoms with Crippen LogP contribution in [0.3, 0.4) is 0 Å². The highest BCUT2D eigenvalue weighted by Crippen LogP contribution is 2.52. The summed E-state index contributed by atoms with van der Waals surface area (Å²) in [6, 6.07) is 28.1. The first-order valence-corrected chi connectivity index (χ1v) is 11.2. The van der Waals surface area contributed by atoms with Crippen molar-refractivity contribution in [2.75, 3.05) is 0 Å². The molecule has 156 valence electrons. The number of benzene rings is 3. The smallest absolute Gasteiger partial charge is 0.260 e. The van der Waals surface area contributed by atoms with E-state index >= 15 is 0 Å². The van der Waals surface area contributed by atoms with Gasteiger partial charge >= 0.3 is 0 Å². The summed E-state index contributed by atoms with van der Waals surface area (Å²) in [7, 11) is 2.18. The maximum absolute atomic E-state index is 4.82. The third kappa shape index (κ3) is 2.42. The van der Waals surface area contributed by atoms with Crippen molar-refractivity contribution in [3.63, 3.8) is 0 Å². The first kappa shape index (κ1) is 19.0. The number of pyridine rings is 1. The Morgan fingerprint density at radius 1 is 0.812 bits per heavy atom. The fourth-order valence-corrected chi connectivity index (χ4v) is 5.54. The summed E-state index contributed by atoms with van der Waals surface area (Å²) >= 11 is 0. The van der Waals surface area contributed by atoms with Crippen molar-refractivity contribution in [3.05, 3.63) is 102 Å². The summed E-state index contributed by atoms with van der Waals surface area (Å²) in [5.41, 5.74) is 11.1. The van der Waals surface area contributed by atoms with Crippen LogP contribution in [0.15, 0.2) is 85.1 Å². The highest BCUT2D eigenvalue weighted by molar-refractivity contribution is 5.89. The number of imidazole rings is 1. The van der Waals surface area contributed by atoms with E-state index in [1.54, 1.807) is 0 Å². The molecule has 0 fully saturated rings. The molecule has 0 N–H and O–H groups in total. The average Bonchev–Trinajstić information content (AvgIpc) is 3.24. The summed E-state index contributed by atoms with van der Waals surface area (Å²) in [6.07, 6.45) is 1.92. The second kappa shape index (κ2) is 6.64. The van der Waals surface area contributed by atoms with E-state index in [4.69, 9.17) is 4.98 Å². The molecule has 0 bridgehead atoms. The lowest BCUT2D eigenvalue weighted by molar-refractivity contribution is -0.633. The van der Waals surface area contributed by atoms with Crippen LogP contribution in [0.2, 0.25) is 0 Å². The molecule has 0 spiro atoms. The number of para-hydroxylation sites is 3. The van der Waals surface area contributed by atoms with E-state index in [0.717, 1.165) is 5.69 Å². The molecule has 1 aliphatic carbocycles. The molecule has 1 aliphatic rings. The van der Waals surface area contributed by atoms with Crippen LogP contribution in [0.1, 0.15) is 30.7 Å². The van der Waals surface area contributed by atoms with E-state index in [1.165, 1.54) is 50.4 Å². The Kier molecular flexibility index (Phi) is 3.94. The monoisotopic (exact) mass is 416 g/mol. The number of rotatable bonds is 2. The van der Waals surface area contributed by atoms with Crippen molar-refractivity contribution in [2.45, 2.75) is 26.2 Å². The number of aryl methyl sites for hydroxylation is 2. The van der Waals surface area contributed by atoms with Crippen molar-refractivity contribution in [2.24, 2.45) is 7.05 Å². The van der Waals surface area contributed by atoms with E-state index < -0.39 is 0 Å². The van der Waals surface area contributed by atoms with E-state index in [2.05, 4.69) is 110 Å². The van der Waals surface area contributed by atoms with Crippen LogP contribution in [-0.2, 0) is 12.5 Å². The second-order valence-electron chi connectivity index (χ2n) is 9.25. The Morgan fingerprint density at radius 3 is 2.38 bits per heavy atom. The van der Waals surface area contributed by atoms with Gasteiger partial charge in [0.25, 0.3) is 5.82 Å². The lowest BCUT2D eigenvalue weighted by Crippen LogP contribution is -2.32. The summed E-state index contributed by atoms with van der Waals surface area (Å²) in [5, 5.41) is 0. The topological polar surface area (TPSA) is 21.7 Å². The zero-order chi connectivity index (χ0) is 22.0. The largest absolute Gasteiger partial charge is 0.295 e. The van der Waals surface area contributed by atoms with Crippen LogP contribution in [0.4, 0.5) is 0 Å². The third-order valence-corrected chi connectivity index (χ3v) is 6.98. The third-order valence-electron chi connectivity index (χ3n) is 6.98. The van der Waals surface area contributed by atoms with Gasteiger partial charge in [-0.1, -0.05) is 62.4 Å². The van der Waals surface area contributed by atoms with Crippen LogP contribution in [0.25, 0.3) is 39.2 Å². The molecule has 0 amide bonds. The number of hydrogen-bond acceptors (Lipinski definition) is 1. The molecule has 2 heterocycles. The number of nitrogens with zero attached hydrogens (tertiary/aromatic N) is 3. The molecule has 0 saturated heterocycles. The van der Waals surface area contributed by atoms with Gasteiger partial charge in [0.05, 0.1) is 18.3 Å². The molecule has 0 radical (unpaired) electrons. The average molecular weight is 417 g/mol. The van der Waals surface area contributed by atoms with Gasteiger partial charge < -0.3 is 0 Å². The van der Waals surface area contributed by atoms with Crippen molar-refractivity contribution in [3.8, 4) is 28.2 Å². The molecule has 0 saturated carbocycles. The molecule has 0 unspecified atom stereocenters. The fraction of sp³-hybridized carbons (Fsp3) is 0.172. The molecule has 0 aliphatic heterocycles. The van der Waals surface area contributed by atoms with Gasteiger partial charge in [0.1, 0.15) is 5.69 Å². The zero-order valence-electron chi connectivity index (χ0n) is 18.9. The summed E-state index contributed by atoms with van der Waals surface area (Å²) in [5.74, 6) is 1.20. The molecular formula is C29H26N3+. The van der Waals surface area contributed by atoms with Crippen molar-refractivity contribution < 1.29 is 4.57 Å². The van der Waals surface area contributed by atoms with Crippen LogP contribution in [-0.4, -0.2) is 9.55 Å². The standard InChI is InChI=1S/C29H26N3/c1-19-16-17-21-22-13-10-18-30-27(22)29(2,3)26(21)25(19)28-31(4)23-14-8-9-15-24(23)32(28)20-11-6-5-7-12-20/h5-18H,1-4H3/q+1. The van der Waals surface area contributed by atoms with Crippen LogP contribution in [0.5, 0.6) is 0 Å².